The summed E-state index contributed by atoms with van der Waals surface area (Å²) >= 11 is 0. The molecule has 1 heteroatoms. The van der Waals surface area contributed by atoms with E-state index in [1.807, 2.05) is 6.92 Å². The summed E-state index contributed by atoms with van der Waals surface area (Å²) in [4.78, 5) is 0. The molecule has 89 valence electrons. The Bertz CT molecular complexity index is 103. The Kier molecular flexibility index (Phi) is 48.2. The molecule has 1 aliphatic rings. The van der Waals surface area contributed by atoms with Gasteiger partial charge in [0.05, 0.1) is 0 Å². The maximum atomic E-state index is 3.49. The van der Waals surface area contributed by atoms with Crippen LogP contribution in [0.2, 0.25) is 0 Å². The van der Waals surface area contributed by atoms with E-state index < -0.39 is 0 Å². The maximum Gasteiger partial charge on any atom is 0 e. The van der Waals surface area contributed by atoms with Crippen molar-refractivity contribution in [2.24, 2.45) is 0 Å². The second-order valence-electron chi connectivity index (χ2n) is 2.95. The molecule has 0 bridgehead atoms. The molecule has 1 radical (unpaired) electrons. The van der Waals surface area contributed by atoms with Crippen molar-refractivity contribution >= 4 is 0 Å². The van der Waals surface area contributed by atoms with E-state index in [0.717, 1.165) is 12.8 Å². The van der Waals surface area contributed by atoms with E-state index in [-0.39, 0.29) is 40.1 Å². The predicted molar refractivity (Wildman–Crippen MR) is 70.2 cm³/mol. The zero-order chi connectivity index (χ0) is 10.4. The first-order valence-electron chi connectivity index (χ1n) is 5.44. The van der Waals surface area contributed by atoms with Gasteiger partial charge in [-0.2, -0.15) is 6.42 Å². The molecule has 0 nitrogen and oxygen atoms in total. The van der Waals surface area contributed by atoms with Gasteiger partial charge in [-0.15, -0.1) is 0 Å². The standard InChI is InChI=1S/C5H6.C5H12.C3H7.CH3.Y/c1-2-4-5-3-1;1-3-5-4-2;1-3-2;;/h1-4H,5H2;3-5H2,1-2H3;1,3H2,2H3;1H3;/q;;2*-1;. The average molecular weight is 285 g/mol. The van der Waals surface area contributed by atoms with Crippen LogP contribution in [0.3, 0.4) is 0 Å². The van der Waals surface area contributed by atoms with Crippen LogP contribution in [0, 0.1) is 14.4 Å². The third-order valence-electron chi connectivity index (χ3n) is 1.36. The zero-order valence-corrected chi connectivity index (χ0v) is 14.0. The van der Waals surface area contributed by atoms with Gasteiger partial charge in [0.1, 0.15) is 0 Å². The van der Waals surface area contributed by atoms with Crippen LogP contribution >= 0.6 is 0 Å². The van der Waals surface area contributed by atoms with Gasteiger partial charge in [0.25, 0.3) is 0 Å². The maximum absolute atomic E-state index is 3.49. The zero-order valence-electron chi connectivity index (χ0n) is 11.1. The van der Waals surface area contributed by atoms with Gasteiger partial charge in [-0.05, 0) is 6.42 Å². The van der Waals surface area contributed by atoms with Crippen molar-refractivity contribution in [2.75, 3.05) is 0 Å². The fraction of sp³-hybridized carbons (Fsp3) is 0.571. The topological polar surface area (TPSA) is 0 Å². The Morgan fingerprint density at radius 1 is 1.00 bits per heavy atom. The number of unbranched alkanes of at least 4 members (excludes halogenated alkanes) is 2. The first-order valence-corrected chi connectivity index (χ1v) is 5.44. The average Bonchev–Trinajstić information content (AvgIpc) is 2.64. The van der Waals surface area contributed by atoms with Crippen molar-refractivity contribution in [3.8, 4) is 0 Å². The molecule has 0 aromatic carbocycles. The predicted octanol–water partition coefficient (Wildman–Crippen LogP) is 5.38. The molecule has 1 aliphatic carbocycles. The summed E-state index contributed by atoms with van der Waals surface area (Å²) in [6, 6.07) is 0. The third kappa shape index (κ3) is 40.2. The van der Waals surface area contributed by atoms with Crippen LogP contribution in [0.25, 0.3) is 0 Å². The van der Waals surface area contributed by atoms with Crippen molar-refractivity contribution < 1.29 is 32.7 Å². The smallest absolute Gasteiger partial charge is 0 e. The van der Waals surface area contributed by atoms with Gasteiger partial charge in [-0.25, -0.2) is 0 Å². The first-order chi connectivity index (χ1) is 6.33. The second-order valence-corrected chi connectivity index (χ2v) is 2.95. The summed E-state index contributed by atoms with van der Waals surface area (Å²) < 4.78 is 0. The molecule has 1 rings (SSSR count). The Labute approximate surface area is 123 Å². The van der Waals surface area contributed by atoms with E-state index in [9.17, 15) is 0 Å². The molecule has 0 aromatic heterocycles. The molecule has 0 amide bonds. The molecule has 0 aliphatic heterocycles. The summed E-state index contributed by atoms with van der Waals surface area (Å²) in [6.07, 6.45) is 14.6. The van der Waals surface area contributed by atoms with Gasteiger partial charge in [-0.3, -0.25) is 0 Å². The minimum atomic E-state index is 0. The van der Waals surface area contributed by atoms with Crippen LogP contribution in [-0.2, 0) is 32.7 Å². The SMILES string of the molecule is C1=CCC=C1.CCCCC.[CH2-]CC.[CH3-].[Y]. The van der Waals surface area contributed by atoms with Crippen molar-refractivity contribution in [2.45, 2.75) is 52.9 Å². The molecule has 0 saturated heterocycles. The molecule has 0 atom stereocenters. The molecular formula is C14H28Y-2. The molecule has 0 saturated carbocycles. The van der Waals surface area contributed by atoms with Crippen LogP contribution in [0.5, 0.6) is 0 Å². The Balaban J connectivity index is -0.0000000587. The van der Waals surface area contributed by atoms with Gasteiger partial charge in [0.2, 0.25) is 0 Å². The minimum Gasteiger partial charge on any atom is -0.358 e. The molecule has 15 heavy (non-hydrogen) atoms. The van der Waals surface area contributed by atoms with Crippen molar-refractivity contribution in [1.82, 2.24) is 0 Å². The van der Waals surface area contributed by atoms with E-state index >= 15 is 0 Å². The fourth-order valence-corrected chi connectivity index (χ4v) is 0.746. The molecule has 0 N–H and O–H groups in total. The monoisotopic (exact) mass is 285 g/mol. The van der Waals surface area contributed by atoms with Crippen molar-refractivity contribution in [3.05, 3.63) is 38.7 Å². The summed E-state index contributed by atoms with van der Waals surface area (Å²) in [5.41, 5.74) is 0. The van der Waals surface area contributed by atoms with Crippen LogP contribution in [0.4, 0.5) is 0 Å². The van der Waals surface area contributed by atoms with Gasteiger partial charge in [0, 0.05) is 32.7 Å². The normalized spacial score (nSPS) is 9.87. The van der Waals surface area contributed by atoms with Crippen molar-refractivity contribution in [3.63, 3.8) is 0 Å². The van der Waals surface area contributed by atoms with Crippen LogP contribution < -0.4 is 0 Å². The number of rotatable bonds is 2. The summed E-state index contributed by atoms with van der Waals surface area (Å²) in [5, 5.41) is 0. The Morgan fingerprint density at radius 2 is 1.33 bits per heavy atom. The molecule has 0 aromatic rings. The second kappa shape index (κ2) is 29.3. The van der Waals surface area contributed by atoms with E-state index in [1.165, 1.54) is 19.3 Å². The fourth-order valence-electron chi connectivity index (χ4n) is 0.746. The minimum absolute atomic E-state index is 0. The van der Waals surface area contributed by atoms with Gasteiger partial charge in [0.15, 0.2) is 0 Å². The van der Waals surface area contributed by atoms with Gasteiger partial charge >= 0.3 is 0 Å². The molecule has 0 spiro atoms. The Hall–Kier alpha value is 0.584. The van der Waals surface area contributed by atoms with Crippen LogP contribution in [-0.4, -0.2) is 0 Å². The van der Waals surface area contributed by atoms with Gasteiger partial charge in [-0.1, -0.05) is 64.3 Å². The van der Waals surface area contributed by atoms with E-state index in [0.29, 0.717) is 0 Å². The number of allylic oxidation sites excluding steroid dienone is 4. The number of hydrogen-bond donors (Lipinski definition) is 0. The summed E-state index contributed by atoms with van der Waals surface area (Å²) in [5.74, 6) is 0. The number of hydrogen-bond acceptors (Lipinski definition) is 0. The first kappa shape index (κ1) is 24.7. The van der Waals surface area contributed by atoms with Crippen LogP contribution in [0.15, 0.2) is 24.3 Å². The molecule has 0 unspecified atom stereocenters. The van der Waals surface area contributed by atoms with Gasteiger partial charge < -0.3 is 14.4 Å². The third-order valence-corrected chi connectivity index (χ3v) is 1.36. The molecular weight excluding hydrogens is 257 g/mol. The van der Waals surface area contributed by atoms with Crippen LogP contribution in [0.1, 0.15) is 52.9 Å². The summed E-state index contributed by atoms with van der Waals surface area (Å²) in [7, 11) is 0. The largest absolute Gasteiger partial charge is 0.358 e. The van der Waals surface area contributed by atoms with E-state index in [4.69, 9.17) is 0 Å². The molecule has 0 fully saturated rings. The van der Waals surface area contributed by atoms with E-state index in [1.54, 1.807) is 0 Å². The van der Waals surface area contributed by atoms with E-state index in [2.05, 4.69) is 45.1 Å². The Morgan fingerprint density at radius 3 is 1.40 bits per heavy atom. The summed E-state index contributed by atoms with van der Waals surface area (Å²) in [6.45, 7) is 9.92. The quantitative estimate of drug-likeness (QED) is 0.598. The molecule has 0 heterocycles. The van der Waals surface area contributed by atoms with Crippen molar-refractivity contribution in [1.29, 1.82) is 0 Å².